The Kier molecular flexibility index (Phi) is 7.45. The van der Waals surface area contributed by atoms with E-state index in [1.807, 2.05) is 44.2 Å². The lowest BCUT2D eigenvalue weighted by Crippen LogP contribution is -2.25. The van der Waals surface area contributed by atoms with E-state index < -0.39 is 10.0 Å². The Morgan fingerprint density at radius 1 is 1.03 bits per heavy atom. The van der Waals surface area contributed by atoms with Gasteiger partial charge in [0.15, 0.2) is 0 Å². The summed E-state index contributed by atoms with van der Waals surface area (Å²) in [5.41, 5.74) is 4.63. The van der Waals surface area contributed by atoms with Crippen molar-refractivity contribution < 1.29 is 17.9 Å². The number of amides is 1. The van der Waals surface area contributed by atoms with E-state index in [9.17, 15) is 13.2 Å². The van der Waals surface area contributed by atoms with Gasteiger partial charge >= 0.3 is 0 Å². The topological polar surface area (TPSA) is 75.7 Å². The van der Waals surface area contributed by atoms with Gasteiger partial charge in [-0.2, -0.15) is 0 Å². The van der Waals surface area contributed by atoms with E-state index >= 15 is 0 Å². The van der Waals surface area contributed by atoms with E-state index in [0.717, 1.165) is 30.8 Å². The molecule has 6 nitrogen and oxygen atoms in total. The number of carbonyl (C=O) groups is 1. The second-order valence-electron chi connectivity index (χ2n) is 7.59. The molecule has 0 radical (unpaired) electrons. The first kappa shape index (κ1) is 24.1. The molecule has 3 rings (SSSR count). The minimum atomic E-state index is -3.49. The first-order valence-electron chi connectivity index (χ1n) is 9.88. The zero-order chi connectivity index (χ0) is 23.5. The summed E-state index contributed by atoms with van der Waals surface area (Å²) in [6, 6.07) is 18.2. The summed E-state index contributed by atoms with van der Waals surface area (Å²) in [6.07, 6.45) is 1.13. The van der Waals surface area contributed by atoms with E-state index in [1.54, 1.807) is 30.3 Å². The van der Waals surface area contributed by atoms with Crippen molar-refractivity contribution in [1.82, 2.24) is 0 Å². The number of hydrogen-bond donors (Lipinski definition) is 1. The lowest BCUT2D eigenvalue weighted by molar-refractivity contribution is 0.102. The Labute approximate surface area is 202 Å². The Bertz CT molecular complexity index is 1240. The third-order valence-corrected chi connectivity index (χ3v) is 6.96. The number of rotatable bonds is 7. The number of ether oxygens (including phenoxy) is 1. The highest BCUT2D eigenvalue weighted by molar-refractivity contribution is 14.1. The van der Waals surface area contributed by atoms with Gasteiger partial charge in [-0.3, -0.25) is 9.10 Å². The molecule has 0 heterocycles. The summed E-state index contributed by atoms with van der Waals surface area (Å²) in [4.78, 5) is 12.6. The van der Waals surface area contributed by atoms with Gasteiger partial charge in [-0.1, -0.05) is 23.8 Å². The number of halogens is 1. The quantitative estimate of drug-likeness (QED) is 0.404. The molecule has 0 saturated heterocycles. The largest absolute Gasteiger partial charge is 0.487 e. The number of carbonyl (C=O) groups excluding carboxylic acids is 1. The van der Waals surface area contributed by atoms with Crippen LogP contribution in [-0.2, 0) is 16.6 Å². The van der Waals surface area contributed by atoms with Crippen LogP contribution in [0.1, 0.15) is 27.0 Å². The fraction of sp³-hybridized carbons (Fsp3) is 0.208. The van der Waals surface area contributed by atoms with Crippen molar-refractivity contribution in [2.45, 2.75) is 20.5 Å². The van der Waals surface area contributed by atoms with Crippen LogP contribution in [0.2, 0.25) is 0 Å². The van der Waals surface area contributed by atoms with Crippen LogP contribution < -0.4 is 14.4 Å². The van der Waals surface area contributed by atoms with Crippen LogP contribution in [0, 0.1) is 17.4 Å². The van der Waals surface area contributed by atoms with Crippen molar-refractivity contribution in [1.29, 1.82) is 0 Å². The Morgan fingerprint density at radius 3 is 2.38 bits per heavy atom. The molecule has 0 saturated carbocycles. The molecular weight excluding hydrogens is 539 g/mol. The van der Waals surface area contributed by atoms with Crippen molar-refractivity contribution in [2.24, 2.45) is 0 Å². The SMILES string of the molecule is Cc1ccc(C)c(COc2cc(NC(=O)c3ccc(I)cc3)ccc2N(C)S(C)(=O)=O)c1. The smallest absolute Gasteiger partial charge is 0.255 e. The van der Waals surface area contributed by atoms with Crippen LogP contribution in [0.3, 0.4) is 0 Å². The van der Waals surface area contributed by atoms with Crippen molar-refractivity contribution in [3.63, 3.8) is 0 Å². The van der Waals surface area contributed by atoms with Crippen LogP contribution in [0.15, 0.2) is 60.7 Å². The maximum atomic E-state index is 12.6. The van der Waals surface area contributed by atoms with E-state index in [4.69, 9.17) is 4.74 Å². The monoisotopic (exact) mass is 564 g/mol. The minimum absolute atomic E-state index is 0.258. The van der Waals surface area contributed by atoms with Crippen molar-refractivity contribution in [3.8, 4) is 5.75 Å². The average Bonchev–Trinajstić information content (AvgIpc) is 2.74. The molecular formula is C24H25IN2O4S. The fourth-order valence-electron chi connectivity index (χ4n) is 3.06. The molecule has 0 bridgehead atoms. The number of anilines is 2. The number of hydrogen-bond acceptors (Lipinski definition) is 4. The van der Waals surface area contributed by atoms with Crippen LogP contribution in [0.25, 0.3) is 0 Å². The van der Waals surface area contributed by atoms with Crippen LogP contribution in [0.5, 0.6) is 5.75 Å². The summed E-state index contributed by atoms with van der Waals surface area (Å²) >= 11 is 2.18. The molecule has 0 aliphatic carbocycles. The molecule has 0 spiro atoms. The minimum Gasteiger partial charge on any atom is -0.487 e. The lowest BCUT2D eigenvalue weighted by Gasteiger charge is -2.21. The average molecular weight is 564 g/mol. The number of benzene rings is 3. The summed E-state index contributed by atoms with van der Waals surface area (Å²) in [5, 5.41) is 2.85. The molecule has 1 N–H and O–H groups in total. The molecule has 32 heavy (non-hydrogen) atoms. The molecule has 168 valence electrons. The first-order chi connectivity index (χ1) is 15.0. The van der Waals surface area contributed by atoms with Crippen LogP contribution in [-0.4, -0.2) is 27.6 Å². The number of nitrogens with zero attached hydrogens (tertiary/aromatic N) is 1. The Balaban J connectivity index is 1.91. The van der Waals surface area contributed by atoms with Gasteiger partial charge in [-0.25, -0.2) is 8.42 Å². The van der Waals surface area contributed by atoms with E-state index in [2.05, 4.69) is 27.9 Å². The maximum Gasteiger partial charge on any atom is 0.255 e. The number of nitrogens with one attached hydrogen (secondary N) is 1. The molecule has 0 aliphatic heterocycles. The van der Waals surface area contributed by atoms with Gasteiger partial charge in [0.1, 0.15) is 12.4 Å². The first-order valence-corrected chi connectivity index (χ1v) is 12.8. The predicted molar refractivity (Wildman–Crippen MR) is 137 cm³/mol. The molecule has 0 aromatic heterocycles. The Hall–Kier alpha value is -2.59. The second-order valence-corrected chi connectivity index (χ2v) is 10.9. The van der Waals surface area contributed by atoms with Crippen LogP contribution >= 0.6 is 22.6 Å². The highest BCUT2D eigenvalue weighted by atomic mass is 127. The molecule has 1 amide bonds. The van der Waals surface area contributed by atoms with Gasteiger partial charge in [0.25, 0.3) is 5.91 Å². The number of aryl methyl sites for hydroxylation is 2. The van der Waals surface area contributed by atoms with Gasteiger partial charge in [-0.15, -0.1) is 0 Å². The van der Waals surface area contributed by atoms with Crippen molar-refractivity contribution in [3.05, 3.63) is 86.5 Å². The molecule has 3 aromatic carbocycles. The third-order valence-electron chi connectivity index (χ3n) is 5.05. The Morgan fingerprint density at radius 2 is 1.72 bits per heavy atom. The summed E-state index contributed by atoms with van der Waals surface area (Å²) in [5.74, 6) is 0.102. The summed E-state index contributed by atoms with van der Waals surface area (Å²) in [7, 11) is -2.02. The standard InChI is InChI=1S/C24H25IN2O4S/c1-16-5-6-17(2)19(13-16)15-31-23-14-21(11-12-22(23)27(3)32(4,29)30)26-24(28)18-7-9-20(25)10-8-18/h5-14H,15H2,1-4H3,(H,26,28). The van der Waals surface area contributed by atoms with Gasteiger partial charge < -0.3 is 10.1 Å². The van der Waals surface area contributed by atoms with Crippen LogP contribution in [0.4, 0.5) is 11.4 Å². The van der Waals surface area contributed by atoms with Gasteiger partial charge in [0, 0.05) is 27.9 Å². The summed E-state index contributed by atoms with van der Waals surface area (Å²) in [6.45, 7) is 4.28. The van der Waals surface area contributed by atoms with E-state index in [1.165, 1.54) is 7.05 Å². The zero-order valence-corrected chi connectivity index (χ0v) is 21.3. The molecule has 0 unspecified atom stereocenters. The van der Waals surface area contributed by atoms with Gasteiger partial charge in [0.2, 0.25) is 10.0 Å². The predicted octanol–water partition coefficient (Wildman–Crippen LogP) is 5.14. The third kappa shape index (κ3) is 6.01. The zero-order valence-electron chi connectivity index (χ0n) is 18.3. The molecule has 0 atom stereocenters. The fourth-order valence-corrected chi connectivity index (χ4v) is 3.93. The lowest BCUT2D eigenvalue weighted by atomic mass is 10.1. The highest BCUT2D eigenvalue weighted by Gasteiger charge is 2.18. The number of sulfonamides is 1. The second kappa shape index (κ2) is 9.91. The van der Waals surface area contributed by atoms with Gasteiger partial charge in [0.05, 0.1) is 11.9 Å². The summed E-state index contributed by atoms with van der Waals surface area (Å²) < 4.78 is 32.5. The molecule has 0 fully saturated rings. The van der Waals surface area contributed by atoms with E-state index in [0.29, 0.717) is 22.7 Å². The molecule has 3 aromatic rings. The van der Waals surface area contributed by atoms with Crippen molar-refractivity contribution >= 4 is 49.9 Å². The van der Waals surface area contributed by atoms with Gasteiger partial charge in [-0.05, 0) is 84.0 Å². The van der Waals surface area contributed by atoms with E-state index in [-0.39, 0.29) is 12.5 Å². The normalized spacial score (nSPS) is 11.2. The highest BCUT2D eigenvalue weighted by Crippen LogP contribution is 2.33. The molecule has 8 heteroatoms. The van der Waals surface area contributed by atoms with Crippen molar-refractivity contribution in [2.75, 3.05) is 22.9 Å². The molecule has 0 aliphatic rings. The maximum absolute atomic E-state index is 12.6.